The predicted octanol–water partition coefficient (Wildman–Crippen LogP) is 2.90. The van der Waals surface area contributed by atoms with Crippen molar-refractivity contribution in [1.82, 2.24) is 10.2 Å². The second kappa shape index (κ2) is 7.05. The number of piperidine rings is 1. The lowest BCUT2D eigenvalue weighted by molar-refractivity contribution is 0.0134. The largest absolute Gasteiger partial charge is 0.379 e. The third-order valence-corrected chi connectivity index (χ3v) is 3.82. The average Bonchev–Trinajstić information content (AvgIpc) is 2.28. The standard InChI is InChI=1S/C16H34N2O/c1-15(2,3)17-12-16(4,5)13-19-11-14-9-7-8-10-18(14)6/h14,17H,7-13H2,1-6H3. The number of nitrogens with zero attached hydrogens (tertiary/aromatic N) is 1. The fraction of sp³-hybridized carbons (Fsp3) is 1.00. The van der Waals surface area contributed by atoms with Gasteiger partial charge < -0.3 is 15.0 Å². The highest BCUT2D eigenvalue weighted by Gasteiger charge is 2.23. The van der Waals surface area contributed by atoms with E-state index in [1.807, 2.05) is 0 Å². The number of hydrogen-bond donors (Lipinski definition) is 1. The van der Waals surface area contributed by atoms with Crippen LogP contribution in [-0.2, 0) is 4.74 Å². The number of likely N-dealkylation sites (N-methyl/N-ethyl adjacent to an activating group) is 1. The maximum Gasteiger partial charge on any atom is 0.0621 e. The third-order valence-electron chi connectivity index (χ3n) is 3.82. The van der Waals surface area contributed by atoms with Gasteiger partial charge in [-0.1, -0.05) is 20.3 Å². The summed E-state index contributed by atoms with van der Waals surface area (Å²) in [6.07, 6.45) is 3.98. The van der Waals surface area contributed by atoms with Gasteiger partial charge in [0.2, 0.25) is 0 Å². The second-order valence-corrected chi connectivity index (χ2v) is 7.91. The van der Waals surface area contributed by atoms with Crippen LogP contribution in [0.1, 0.15) is 53.9 Å². The maximum atomic E-state index is 5.99. The lowest BCUT2D eigenvalue weighted by Gasteiger charge is -2.34. The first kappa shape index (κ1) is 16.9. The molecule has 0 radical (unpaired) electrons. The minimum Gasteiger partial charge on any atom is -0.379 e. The summed E-state index contributed by atoms with van der Waals surface area (Å²) in [5.41, 5.74) is 0.376. The molecular weight excluding hydrogens is 236 g/mol. The van der Waals surface area contributed by atoms with E-state index >= 15 is 0 Å². The van der Waals surface area contributed by atoms with Gasteiger partial charge in [-0.3, -0.25) is 0 Å². The summed E-state index contributed by atoms with van der Waals surface area (Å²) >= 11 is 0. The zero-order valence-corrected chi connectivity index (χ0v) is 13.9. The van der Waals surface area contributed by atoms with Crippen molar-refractivity contribution in [2.24, 2.45) is 5.41 Å². The van der Waals surface area contributed by atoms with Crippen LogP contribution in [0.4, 0.5) is 0 Å². The van der Waals surface area contributed by atoms with Crippen molar-refractivity contribution in [2.75, 3.05) is 33.4 Å². The first-order chi connectivity index (χ1) is 8.70. The summed E-state index contributed by atoms with van der Waals surface area (Å²) in [5.74, 6) is 0. The molecule has 3 nitrogen and oxygen atoms in total. The summed E-state index contributed by atoms with van der Waals surface area (Å²) < 4.78 is 5.99. The van der Waals surface area contributed by atoms with Crippen LogP contribution in [0.3, 0.4) is 0 Å². The van der Waals surface area contributed by atoms with Crippen LogP contribution >= 0.6 is 0 Å². The normalized spacial score (nSPS) is 22.7. The van der Waals surface area contributed by atoms with Crippen LogP contribution in [0.15, 0.2) is 0 Å². The minimum atomic E-state index is 0.181. The van der Waals surface area contributed by atoms with Crippen molar-refractivity contribution < 1.29 is 4.74 Å². The van der Waals surface area contributed by atoms with Gasteiger partial charge in [-0.25, -0.2) is 0 Å². The minimum absolute atomic E-state index is 0.181. The van der Waals surface area contributed by atoms with Crippen molar-refractivity contribution in [3.05, 3.63) is 0 Å². The lowest BCUT2D eigenvalue weighted by atomic mass is 9.93. The van der Waals surface area contributed by atoms with Crippen molar-refractivity contribution in [3.8, 4) is 0 Å². The van der Waals surface area contributed by atoms with E-state index in [-0.39, 0.29) is 11.0 Å². The molecule has 1 N–H and O–H groups in total. The smallest absolute Gasteiger partial charge is 0.0621 e. The summed E-state index contributed by atoms with van der Waals surface area (Å²) in [4.78, 5) is 2.45. The number of nitrogens with one attached hydrogen (secondary N) is 1. The Morgan fingerprint density at radius 1 is 1.16 bits per heavy atom. The van der Waals surface area contributed by atoms with E-state index in [0.717, 1.165) is 19.8 Å². The van der Waals surface area contributed by atoms with E-state index in [2.05, 4.69) is 51.9 Å². The molecule has 1 aliphatic rings. The van der Waals surface area contributed by atoms with Crippen LogP contribution in [-0.4, -0.2) is 49.8 Å². The topological polar surface area (TPSA) is 24.5 Å². The molecule has 1 aliphatic heterocycles. The van der Waals surface area contributed by atoms with Gasteiger partial charge in [0.25, 0.3) is 0 Å². The number of rotatable bonds is 6. The van der Waals surface area contributed by atoms with Gasteiger partial charge in [0.05, 0.1) is 13.2 Å². The van der Waals surface area contributed by atoms with Gasteiger partial charge in [0, 0.05) is 23.5 Å². The molecular formula is C16H34N2O. The van der Waals surface area contributed by atoms with E-state index in [0.29, 0.717) is 6.04 Å². The van der Waals surface area contributed by atoms with Gasteiger partial charge in [0.1, 0.15) is 0 Å². The monoisotopic (exact) mass is 270 g/mol. The Bertz CT molecular complexity index is 258. The molecule has 0 bridgehead atoms. The number of hydrogen-bond acceptors (Lipinski definition) is 3. The van der Waals surface area contributed by atoms with Crippen molar-refractivity contribution >= 4 is 0 Å². The van der Waals surface area contributed by atoms with E-state index in [9.17, 15) is 0 Å². The molecule has 114 valence electrons. The molecule has 3 heteroatoms. The SMILES string of the molecule is CN1CCCCC1COCC(C)(C)CNC(C)(C)C. The fourth-order valence-electron chi connectivity index (χ4n) is 2.38. The molecule has 1 heterocycles. The van der Waals surface area contributed by atoms with E-state index < -0.39 is 0 Å². The van der Waals surface area contributed by atoms with Crippen LogP contribution in [0.5, 0.6) is 0 Å². The Morgan fingerprint density at radius 3 is 2.42 bits per heavy atom. The molecule has 0 amide bonds. The van der Waals surface area contributed by atoms with Crippen LogP contribution in [0, 0.1) is 5.41 Å². The molecule has 0 aromatic rings. The predicted molar refractivity (Wildman–Crippen MR) is 82.6 cm³/mol. The molecule has 0 aromatic heterocycles. The Hall–Kier alpha value is -0.120. The fourth-order valence-corrected chi connectivity index (χ4v) is 2.38. The first-order valence-electron chi connectivity index (χ1n) is 7.73. The summed E-state index contributed by atoms with van der Waals surface area (Å²) in [5, 5.41) is 3.57. The first-order valence-corrected chi connectivity index (χ1v) is 7.73. The van der Waals surface area contributed by atoms with Crippen LogP contribution in [0.2, 0.25) is 0 Å². The van der Waals surface area contributed by atoms with Crippen LogP contribution in [0.25, 0.3) is 0 Å². The third kappa shape index (κ3) is 7.28. The van der Waals surface area contributed by atoms with Gasteiger partial charge >= 0.3 is 0 Å². The zero-order chi connectivity index (χ0) is 14.5. The van der Waals surface area contributed by atoms with Crippen molar-refractivity contribution in [2.45, 2.75) is 65.5 Å². The Balaban J connectivity index is 2.23. The summed E-state index contributed by atoms with van der Waals surface area (Å²) in [6, 6.07) is 0.625. The number of likely N-dealkylation sites (tertiary alicyclic amines) is 1. The Labute approximate surface area is 120 Å². The van der Waals surface area contributed by atoms with Crippen molar-refractivity contribution in [3.63, 3.8) is 0 Å². The average molecular weight is 270 g/mol. The Kier molecular flexibility index (Phi) is 6.28. The molecule has 1 rings (SSSR count). The molecule has 1 fully saturated rings. The summed E-state index contributed by atoms with van der Waals surface area (Å²) in [7, 11) is 2.22. The highest BCUT2D eigenvalue weighted by molar-refractivity contribution is 4.79. The molecule has 19 heavy (non-hydrogen) atoms. The lowest BCUT2D eigenvalue weighted by Crippen LogP contribution is -2.44. The zero-order valence-electron chi connectivity index (χ0n) is 13.9. The van der Waals surface area contributed by atoms with Gasteiger partial charge in [-0.05, 0) is 47.2 Å². The maximum absolute atomic E-state index is 5.99. The van der Waals surface area contributed by atoms with Crippen molar-refractivity contribution in [1.29, 1.82) is 0 Å². The highest BCUT2D eigenvalue weighted by Crippen LogP contribution is 2.19. The van der Waals surface area contributed by atoms with E-state index in [4.69, 9.17) is 4.74 Å². The Morgan fingerprint density at radius 2 is 1.84 bits per heavy atom. The highest BCUT2D eigenvalue weighted by atomic mass is 16.5. The molecule has 1 atom stereocenters. The quantitative estimate of drug-likeness (QED) is 0.803. The van der Waals surface area contributed by atoms with Crippen LogP contribution < -0.4 is 5.32 Å². The van der Waals surface area contributed by atoms with E-state index in [1.165, 1.54) is 25.8 Å². The van der Waals surface area contributed by atoms with Gasteiger partial charge in [-0.2, -0.15) is 0 Å². The summed E-state index contributed by atoms with van der Waals surface area (Å²) in [6.45, 7) is 15.1. The molecule has 0 aliphatic carbocycles. The molecule has 1 unspecified atom stereocenters. The second-order valence-electron chi connectivity index (χ2n) is 7.91. The van der Waals surface area contributed by atoms with Gasteiger partial charge in [-0.15, -0.1) is 0 Å². The molecule has 0 aromatic carbocycles. The number of ether oxygens (including phenoxy) is 1. The molecule has 1 saturated heterocycles. The van der Waals surface area contributed by atoms with E-state index in [1.54, 1.807) is 0 Å². The molecule has 0 saturated carbocycles. The van der Waals surface area contributed by atoms with Gasteiger partial charge in [0.15, 0.2) is 0 Å². The molecule has 0 spiro atoms.